The maximum absolute atomic E-state index is 12.2. The second-order valence-electron chi connectivity index (χ2n) is 4.50. The molecular formula is C12H15Cl2NO2S. The molecule has 2 atom stereocenters. The van der Waals surface area contributed by atoms with Crippen LogP contribution in [0, 0.1) is 5.92 Å². The Hall–Kier alpha value is -0.290. The minimum atomic E-state index is -3.56. The minimum absolute atomic E-state index is 0.0798. The van der Waals surface area contributed by atoms with Crippen molar-refractivity contribution >= 4 is 33.2 Å². The minimum Gasteiger partial charge on any atom is -0.208 e. The normalized spacial score (nSPS) is 24.3. The molecule has 0 aromatic heterocycles. The van der Waals surface area contributed by atoms with E-state index in [9.17, 15) is 8.42 Å². The highest BCUT2D eigenvalue weighted by Gasteiger charge is 2.31. The number of sulfonamides is 1. The Labute approximate surface area is 118 Å². The average molecular weight is 308 g/mol. The lowest BCUT2D eigenvalue weighted by Crippen LogP contribution is -2.38. The number of halogens is 2. The predicted octanol–water partition coefficient (Wildman–Crippen LogP) is 3.03. The van der Waals surface area contributed by atoms with Gasteiger partial charge in [0.25, 0.3) is 0 Å². The van der Waals surface area contributed by atoms with E-state index in [1.54, 1.807) is 18.2 Å². The molecule has 2 unspecified atom stereocenters. The van der Waals surface area contributed by atoms with Crippen LogP contribution in [0.25, 0.3) is 0 Å². The van der Waals surface area contributed by atoms with E-state index >= 15 is 0 Å². The fraction of sp³-hybridized carbons (Fsp3) is 0.500. The van der Waals surface area contributed by atoms with Gasteiger partial charge in [0.2, 0.25) is 10.0 Å². The van der Waals surface area contributed by atoms with Crippen molar-refractivity contribution in [2.45, 2.75) is 30.2 Å². The van der Waals surface area contributed by atoms with Crippen molar-refractivity contribution in [1.82, 2.24) is 4.72 Å². The van der Waals surface area contributed by atoms with Gasteiger partial charge >= 0.3 is 0 Å². The molecule has 1 aliphatic rings. The molecule has 1 fully saturated rings. The van der Waals surface area contributed by atoms with E-state index < -0.39 is 10.0 Å². The summed E-state index contributed by atoms with van der Waals surface area (Å²) in [6.07, 6.45) is 2.81. The van der Waals surface area contributed by atoms with Crippen LogP contribution < -0.4 is 4.72 Å². The average Bonchev–Trinajstić information content (AvgIpc) is 2.76. The first-order valence-corrected chi connectivity index (χ1v) is 8.27. The summed E-state index contributed by atoms with van der Waals surface area (Å²) in [7, 11) is -3.56. The molecule has 18 heavy (non-hydrogen) atoms. The van der Waals surface area contributed by atoms with Gasteiger partial charge in [0.05, 0.1) is 5.02 Å². The lowest BCUT2D eigenvalue weighted by molar-refractivity contribution is 0.480. The molecule has 1 aromatic rings. The third kappa shape index (κ3) is 2.99. The third-order valence-electron chi connectivity index (χ3n) is 3.29. The molecule has 1 aliphatic carbocycles. The molecule has 0 heterocycles. The van der Waals surface area contributed by atoms with E-state index in [0.29, 0.717) is 5.88 Å². The zero-order valence-electron chi connectivity index (χ0n) is 9.77. The Morgan fingerprint density at radius 3 is 2.67 bits per heavy atom. The SMILES string of the molecule is O=S(=O)(NC1CCCC1CCl)c1ccccc1Cl. The van der Waals surface area contributed by atoms with Gasteiger partial charge in [-0.2, -0.15) is 0 Å². The number of alkyl halides is 1. The van der Waals surface area contributed by atoms with Crippen LogP contribution in [0.3, 0.4) is 0 Å². The summed E-state index contributed by atoms with van der Waals surface area (Å²) < 4.78 is 27.2. The monoisotopic (exact) mass is 307 g/mol. The summed E-state index contributed by atoms with van der Waals surface area (Å²) in [6, 6.07) is 6.37. The quantitative estimate of drug-likeness (QED) is 0.869. The highest BCUT2D eigenvalue weighted by molar-refractivity contribution is 7.89. The fourth-order valence-corrected chi connectivity index (χ4v) is 4.53. The Balaban J connectivity index is 2.20. The number of hydrogen-bond donors (Lipinski definition) is 1. The first-order chi connectivity index (χ1) is 8.54. The van der Waals surface area contributed by atoms with Crippen LogP contribution in [0.5, 0.6) is 0 Å². The van der Waals surface area contributed by atoms with Crippen LogP contribution in [0.15, 0.2) is 29.2 Å². The second-order valence-corrected chi connectivity index (χ2v) is 6.90. The van der Waals surface area contributed by atoms with Gasteiger partial charge < -0.3 is 0 Å². The van der Waals surface area contributed by atoms with Crippen molar-refractivity contribution in [3.8, 4) is 0 Å². The Morgan fingerprint density at radius 1 is 1.28 bits per heavy atom. The molecule has 0 radical (unpaired) electrons. The maximum Gasteiger partial charge on any atom is 0.242 e. The zero-order valence-corrected chi connectivity index (χ0v) is 12.1. The molecule has 0 saturated heterocycles. The largest absolute Gasteiger partial charge is 0.242 e. The first kappa shape index (κ1) is 14.1. The fourth-order valence-electron chi connectivity index (χ4n) is 2.30. The summed E-state index contributed by atoms with van der Waals surface area (Å²) >= 11 is 11.8. The van der Waals surface area contributed by atoms with E-state index in [1.807, 2.05) is 0 Å². The topological polar surface area (TPSA) is 46.2 Å². The molecule has 1 N–H and O–H groups in total. The maximum atomic E-state index is 12.2. The predicted molar refractivity (Wildman–Crippen MR) is 73.6 cm³/mol. The van der Waals surface area contributed by atoms with E-state index in [4.69, 9.17) is 23.2 Å². The van der Waals surface area contributed by atoms with Gasteiger partial charge in [-0.3, -0.25) is 0 Å². The van der Waals surface area contributed by atoms with E-state index in [2.05, 4.69) is 4.72 Å². The summed E-state index contributed by atoms with van der Waals surface area (Å²) in [5.41, 5.74) is 0. The molecule has 0 bridgehead atoms. The van der Waals surface area contributed by atoms with E-state index in [0.717, 1.165) is 19.3 Å². The Bertz CT molecular complexity index is 519. The molecule has 2 rings (SSSR count). The van der Waals surface area contributed by atoms with Crippen molar-refractivity contribution in [1.29, 1.82) is 0 Å². The molecule has 100 valence electrons. The Morgan fingerprint density at radius 2 is 2.00 bits per heavy atom. The molecule has 0 amide bonds. The summed E-state index contributed by atoms with van der Waals surface area (Å²) in [6.45, 7) is 0. The summed E-state index contributed by atoms with van der Waals surface area (Å²) in [4.78, 5) is 0.131. The number of hydrogen-bond acceptors (Lipinski definition) is 2. The lowest BCUT2D eigenvalue weighted by atomic mass is 10.1. The van der Waals surface area contributed by atoms with Gasteiger partial charge in [-0.25, -0.2) is 13.1 Å². The summed E-state index contributed by atoms with van der Waals surface area (Å²) in [5, 5.41) is 0.241. The second kappa shape index (κ2) is 5.78. The van der Waals surface area contributed by atoms with Crippen LogP contribution in [-0.4, -0.2) is 20.3 Å². The highest BCUT2D eigenvalue weighted by Crippen LogP contribution is 2.29. The van der Waals surface area contributed by atoms with Crippen molar-refractivity contribution in [3.05, 3.63) is 29.3 Å². The molecular weight excluding hydrogens is 293 g/mol. The van der Waals surface area contributed by atoms with Crippen molar-refractivity contribution in [3.63, 3.8) is 0 Å². The number of rotatable bonds is 4. The molecule has 6 heteroatoms. The van der Waals surface area contributed by atoms with Crippen molar-refractivity contribution < 1.29 is 8.42 Å². The smallest absolute Gasteiger partial charge is 0.208 e. The van der Waals surface area contributed by atoms with Crippen molar-refractivity contribution in [2.24, 2.45) is 5.92 Å². The summed E-state index contributed by atoms with van der Waals surface area (Å²) in [5.74, 6) is 0.694. The molecule has 1 saturated carbocycles. The molecule has 0 aliphatic heterocycles. The molecule has 1 aromatic carbocycles. The lowest BCUT2D eigenvalue weighted by Gasteiger charge is -2.19. The first-order valence-electron chi connectivity index (χ1n) is 5.87. The highest BCUT2D eigenvalue weighted by atomic mass is 35.5. The number of nitrogens with one attached hydrogen (secondary N) is 1. The zero-order chi connectivity index (χ0) is 13.2. The van der Waals surface area contributed by atoms with E-state index in [-0.39, 0.29) is 21.9 Å². The van der Waals surface area contributed by atoms with Crippen LogP contribution in [-0.2, 0) is 10.0 Å². The van der Waals surface area contributed by atoms with E-state index in [1.165, 1.54) is 6.07 Å². The standard InChI is InChI=1S/C12H15Cl2NO2S/c13-8-9-4-3-6-11(9)15-18(16,17)12-7-2-1-5-10(12)14/h1-2,5,7,9,11,15H,3-4,6,8H2. The van der Waals surface area contributed by atoms with Gasteiger partial charge in [0, 0.05) is 11.9 Å². The Kier molecular flexibility index (Phi) is 4.54. The van der Waals surface area contributed by atoms with Gasteiger partial charge in [-0.15, -0.1) is 11.6 Å². The number of benzene rings is 1. The third-order valence-corrected chi connectivity index (χ3v) is 5.68. The van der Waals surface area contributed by atoms with Crippen molar-refractivity contribution in [2.75, 3.05) is 5.88 Å². The van der Waals surface area contributed by atoms with Crippen LogP contribution in [0.1, 0.15) is 19.3 Å². The van der Waals surface area contributed by atoms with Crippen LogP contribution in [0.2, 0.25) is 5.02 Å². The van der Waals surface area contributed by atoms with Gasteiger partial charge in [0.15, 0.2) is 0 Å². The van der Waals surface area contributed by atoms with Crippen LogP contribution in [0.4, 0.5) is 0 Å². The van der Waals surface area contributed by atoms with Gasteiger partial charge in [-0.05, 0) is 30.9 Å². The van der Waals surface area contributed by atoms with Gasteiger partial charge in [-0.1, -0.05) is 30.2 Å². The van der Waals surface area contributed by atoms with Crippen LogP contribution >= 0.6 is 23.2 Å². The molecule has 3 nitrogen and oxygen atoms in total. The van der Waals surface area contributed by atoms with Gasteiger partial charge in [0.1, 0.15) is 4.90 Å². The molecule has 0 spiro atoms.